The van der Waals surface area contributed by atoms with Crippen LogP contribution in [0.5, 0.6) is 0 Å². The van der Waals surface area contributed by atoms with Gasteiger partial charge in [0.2, 0.25) is 5.69 Å². The largest absolute Gasteiger partial charge is 0.511 e. The lowest BCUT2D eigenvalue weighted by atomic mass is 9.71. The molecule has 0 bridgehead atoms. The molecule has 56 heavy (non-hydrogen) atoms. The number of allylic oxidation sites excluding steroid dienone is 2. The van der Waals surface area contributed by atoms with E-state index in [4.69, 9.17) is 4.74 Å². The van der Waals surface area contributed by atoms with Crippen LogP contribution < -0.4 is 10.5 Å². The fourth-order valence-electron chi connectivity index (χ4n) is 7.52. The quantitative estimate of drug-likeness (QED) is 0.0920. The molecule has 0 saturated carbocycles. The first-order valence-corrected chi connectivity index (χ1v) is 19.0. The van der Waals surface area contributed by atoms with Gasteiger partial charge in [-0.15, -0.1) is 11.3 Å². The highest BCUT2D eigenvalue weighted by Gasteiger charge is 2.52. The number of aromatic nitrogens is 3. The molecule has 2 aliphatic rings. The molecule has 1 aliphatic carbocycles. The van der Waals surface area contributed by atoms with Crippen molar-refractivity contribution in [3.63, 3.8) is 0 Å². The van der Waals surface area contributed by atoms with Crippen molar-refractivity contribution in [1.29, 1.82) is 0 Å². The molecule has 3 heterocycles. The van der Waals surface area contributed by atoms with Crippen LogP contribution in [-0.4, -0.2) is 68.7 Å². The first-order chi connectivity index (χ1) is 26.6. The Bertz CT molecular complexity index is 2460. The van der Waals surface area contributed by atoms with Gasteiger partial charge in [-0.2, -0.15) is 17.7 Å². The van der Waals surface area contributed by atoms with Gasteiger partial charge in [-0.25, -0.2) is 4.98 Å². The lowest BCUT2D eigenvalue weighted by Gasteiger charge is -2.29. The first-order valence-electron chi connectivity index (χ1n) is 18.2. The lowest BCUT2D eigenvalue weighted by Crippen LogP contribution is -2.40. The number of aliphatic hydroxyl groups is 1. The van der Waals surface area contributed by atoms with Gasteiger partial charge in [0.25, 0.3) is 5.56 Å². The van der Waals surface area contributed by atoms with E-state index >= 15 is 0 Å². The summed E-state index contributed by atoms with van der Waals surface area (Å²) in [5.74, 6) is -2.78. The third kappa shape index (κ3) is 7.32. The molecule has 14 heteroatoms. The van der Waals surface area contributed by atoms with E-state index in [1.54, 1.807) is 11.3 Å². The third-order valence-corrected chi connectivity index (χ3v) is 11.6. The number of esters is 1. The molecule has 0 amide bonds. The second-order valence-corrected chi connectivity index (χ2v) is 15.6. The van der Waals surface area contributed by atoms with Gasteiger partial charge in [-0.05, 0) is 56.2 Å². The van der Waals surface area contributed by atoms with Crippen molar-refractivity contribution in [2.75, 3.05) is 31.6 Å². The van der Waals surface area contributed by atoms with Gasteiger partial charge in [0, 0.05) is 50.8 Å². The third-order valence-electron chi connectivity index (χ3n) is 10.6. The number of fused-ring (bicyclic) bond motifs is 2. The Morgan fingerprint density at radius 2 is 1.79 bits per heavy atom. The van der Waals surface area contributed by atoms with Crippen LogP contribution in [0.3, 0.4) is 0 Å². The molecule has 5 aromatic rings. The number of thiazole rings is 1. The van der Waals surface area contributed by atoms with E-state index in [0.717, 1.165) is 50.5 Å². The highest BCUT2D eigenvalue weighted by molar-refractivity contribution is 7.19. The van der Waals surface area contributed by atoms with Crippen molar-refractivity contribution >= 4 is 68.1 Å². The number of para-hydroxylation sites is 2. The molecule has 0 radical (unpaired) electrons. The van der Waals surface area contributed by atoms with Crippen LogP contribution in [0.2, 0.25) is 0 Å². The number of ketones is 1. The number of carbonyl (C=O) groups is 2. The van der Waals surface area contributed by atoms with Crippen molar-refractivity contribution < 1.29 is 37.2 Å². The average Bonchev–Trinajstić information content (AvgIpc) is 3.79. The smallest absolute Gasteiger partial charge is 0.433 e. The zero-order valence-corrected chi connectivity index (χ0v) is 32.1. The fourth-order valence-corrected chi connectivity index (χ4v) is 8.39. The molecular formula is C42H41F3N5O5S+. The number of hydrogen-bond donors (Lipinski definition) is 2. The predicted octanol–water partition coefficient (Wildman–Crippen LogP) is 7.91. The predicted molar refractivity (Wildman–Crippen MR) is 211 cm³/mol. The van der Waals surface area contributed by atoms with Crippen molar-refractivity contribution in [1.82, 2.24) is 14.8 Å². The second kappa shape index (κ2) is 15.1. The number of ether oxygens (including phenoxy) is 1. The van der Waals surface area contributed by atoms with E-state index in [2.05, 4.69) is 16.0 Å². The topological polar surface area (TPSA) is 121 Å². The number of alkyl halides is 3. The van der Waals surface area contributed by atoms with E-state index < -0.39 is 51.4 Å². The molecule has 2 N–H and O–H groups in total. The summed E-state index contributed by atoms with van der Waals surface area (Å²) in [6, 6.07) is 23.8. The number of halogens is 3. The minimum atomic E-state index is -4.94. The number of nitrogens with one attached hydrogen (secondary N) is 1. The zero-order chi connectivity index (χ0) is 39.9. The van der Waals surface area contributed by atoms with Crippen molar-refractivity contribution in [2.45, 2.75) is 44.7 Å². The summed E-state index contributed by atoms with van der Waals surface area (Å²) in [6.45, 7) is 4.87. The molecule has 10 nitrogen and oxygen atoms in total. The Hall–Kier alpha value is -5.76. The zero-order valence-electron chi connectivity index (χ0n) is 31.3. The van der Waals surface area contributed by atoms with Crippen LogP contribution in [0.4, 0.5) is 24.5 Å². The van der Waals surface area contributed by atoms with Gasteiger partial charge < -0.3 is 14.7 Å². The average molecular weight is 785 g/mol. The van der Waals surface area contributed by atoms with Crippen LogP contribution in [-0.2, 0) is 33.0 Å². The summed E-state index contributed by atoms with van der Waals surface area (Å²) in [4.78, 5) is 45.6. The van der Waals surface area contributed by atoms with Crippen molar-refractivity contribution in [2.24, 2.45) is 13.0 Å². The van der Waals surface area contributed by atoms with Gasteiger partial charge in [0.05, 0.1) is 32.7 Å². The molecule has 0 fully saturated rings. The molecule has 7 rings (SSSR count). The number of H-pyrrole nitrogens is 1. The van der Waals surface area contributed by atoms with Crippen LogP contribution in [0.25, 0.3) is 27.9 Å². The van der Waals surface area contributed by atoms with Crippen LogP contribution in [0, 0.1) is 5.92 Å². The van der Waals surface area contributed by atoms with Gasteiger partial charge in [0.1, 0.15) is 16.5 Å². The SMILES string of the molecule is CN(CCCC(=O)OCC[N+]1=C(CC2C(=O)C(c3c(C(F)(F)F)[nH]n(C)c3=O)=C2O)C(C)(C)c2ccccc21)c1ccc(/C=C/c2nc3ccccc3s2)cc1. The number of aliphatic hydroxyl groups excluding tert-OH is 1. The number of hydrogen-bond acceptors (Lipinski definition) is 8. The lowest BCUT2D eigenvalue weighted by molar-refractivity contribution is -0.443. The molecule has 1 atom stereocenters. The molecule has 1 aliphatic heterocycles. The number of rotatable bonds is 13. The van der Waals surface area contributed by atoms with Crippen LogP contribution in [0.1, 0.15) is 60.5 Å². The van der Waals surface area contributed by atoms with E-state index in [1.165, 1.54) is 0 Å². The van der Waals surface area contributed by atoms with Crippen LogP contribution in [0.15, 0.2) is 83.4 Å². The summed E-state index contributed by atoms with van der Waals surface area (Å²) in [7, 11) is 3.08. The maximum atomic E-state index is 13.7. The summed E-state index contributed by atoms with van der Waals surface area (Å²) >= 11 is 1.65. The number of aromatic amines is 1. The molecule has 290 valence electrons. The highest BCUT2D eigenvalue weighted by Crippen LogP contribution is 2.46. The molecular weight excluding hydrogens is 744 g/mol. The Labute approximate surface area is 324 Å². The number of anilines is 1. The number of nitrogens with zero attached hydrogens (tertiary/aromatic N) is 4. The standard InChI is InChI=1S/C42H40F3N5O5S/c1-41(2)28-10-5-7-12-30(28)50(32(41)24-27-37(52)35(38(27)53)36-39(42(43,44)45)47-49(4)40(36)54)22-23-55-34(51)14-9-21-48(3)26-18-15-25(16-19-26)17-20-33-46-29-11-6-8-13-31(29)56-33/h5-8,10-13,15-20,27H,9,14,21-24H2,1-4H3,(H-,47,52,53,54)/p+1/b20-17+. The molecule has 0 saturated heterocycles. The normalized spacial score (nSPS) is 16.6. The Kier molecular flexibility index (Phi) is 10.4. The van der Waals surface area contributed by atoms with Gasteiger partial charge in [0.15, 0.2) is 24.6 Å². The molecule has 0 spiro atoms. The highest BCUT2D eigenvalue weighted by atomic mass is 32.1. The monoisotopic (exact) mass is 784 g/mol. The van der Waals surface area contributed by atoms with Gasteiger partial charge in [-0.1, -0.05) is 48.5 Å². The van der Waals surface area contributed by atoms with Crippen molar-refractivity contribution in [3.8, 4) is 0 Å². The van der Waals surface area contributed by atoms with E-state index in [9.17, 15) is 32.7 Å². The summed E-state index contributed by atoms with van der Waals surface area (Å²) in [5.41, 5.74) is 1.04. The van der Waals surface area contributed by atoms with Gasteiger partial charge in [-0.3, -0.25) is 24.2 Å². The first kappa shape index (κ1) is 38.5. The Morgan fingerprint density at radius 3 is 2.50 bits per heavy atom. The van der Waals surface area contributed by atoms with E-state index in [1.807, 2.05) is 109 Å². The second-order valence-electron chi connectivity index (χ2n) is 14.5. The fraction of sp³-hybridized carbons (Fsp3) is 0.310. The Balaban J connectivity index is 0.957. The van der Waals surface area contributed by atoms with Crippen LogP contribution >= 0.6 is 11.3 Å². The molecule has 2 aromatic heterocycles. The summed E-state index contributed by atoms with van der Waals surface area (Å²) in [6.07, 6.45) is -0.102. The minimum absolute atomic E-state index is 0.00262. The Morgan fingerprint density at radius 1 is 1.07 bits per heavy atom. The number of Topliss-reactive ketones (excluding diaryl/α,β-unsaturated/α-hetero) is 1. The molecule has 1 unspecified atom stereocenters. The number of benzene rings is 3. The van der Waals surface area contributed by atoms with Gasteiger partial charge >= 0.3 is 12.1 Å². The summed E-state index contributed by atoms with van der Waals surface area (Å²) < 4.78 is 50.6. The maximum Gasteiger partial charge on any atom is 0.433 e. The van der Waals surface area contributed by atoms with E-state index in [0.29, 0.717) is 17.6 Å². The van der Waals surface area contributed by atoms with Crippen molar-refractivity contribution in [3.05, 3.63) is 116 Å². The molecule has 3 aromatic carbocycles. The maximum absolute atomic E-state index is 13.7. The van der Waals surface area contributed by atoms with E-state index in [-0.39, 0.29) is 32.0 Å². The number of carbonyl (C=O) groups excluding carboxylic acids is 2. The number of aryl methyl sites for hydroxylation is 1. The summed E-state index contributed by atoms with van der Waals surface area (Å²) in [5, 5.41) is 13.9. The minimum Gasteiger partial charge on any atom is -0.511 e.